The Morgan fingerprint density at radius 1 is 1.35 bits per heavy atom. The summed E-state index contributed by atoms with van der Waals surface area (Å²) in [7, 11) is 0. The van der Waals surface area contributed by atoms with E-state index in [1.807, 2.05) is 38.1 Å². The molecule has 1 aromatic heterocycles. The summed E-state index contributed by atoms with van der Waals surface area (Å²) in [5.74, 6) is 1.20. The van der Waals surface area contributed by atoms with Crippen molar-refractivity contribution in [1.29, 1.82) is 0 Å². The van der Waals surface area contributed by atoms with Crippen molar-refractivity contribution >= 4 is 5.82 Å². The van der Waals surface area contributed by atoms with Crippen molar-refractivity contribution in [1.82, 2.24) is 9.55 Å². The molecule has 20 heavy (non-hydrogen) atoms. The number of anilines is 1. The molecule has 0 aliphatic rings. The SMILES string of the molecule is CCOc1cccc(CNc2nccn(CC)c2=O)c1. The second-order valence-corrected chi connectivity index (χ2v) is 4.30. The average molecular weight is 273 g/mol. The minimum Gasteiger partial charge on any atom is -0.494 e. The van der Waals surface area contributed by atoms with Crippen LogP contribution in [0.1, 0.15) is 19.4 Å². The van der Waals surface area contributed by atoms with Crippen LogP contribution in [0.4, 0.5) is 5.82 Å². The zero-order chi connectivity index (χ0) is 14.4. The molecular weight excluding hydrogens is 254 g/mol. The van der Waals surface area contributed by atoms with Crippen LogP contribution in [0.5, 0.6) is 5.75 Å². The molecule has 0 atom stereocenters. The van der Waals surface area contributed by atoms with Crippen molar-refractivity contribution in [2.45, 2.75) is 26.9 Å². The largest absolute Gasteiger partial charge is 0.494 e. The predicted molar refractivity (Wildman–Crippen MR) is 79.1 cm³/mol. The lowest BCUT2D eigenvalue weighted by molar-refractivity contribution is 0.340. The van der Waals surface area contributed by atoms with Crippen molar-refractivity contribution < 1.29 is 4.74 Å². The first-order chi connectivity index (χ1) is 9.74. The fourth-order valence-corrected chi connectivity index (χ4v) is 1.92. The third-order valence-corrected chi connectivity index (χ3v) is 2.92. The minimum absolute atomic E-state index is 0.101. The number of hydrogen-bond donors (Lipinski definition) is 1. The van der Waals surface area contributed by atoms with Gasteiger partial charge in [-0.2, -0.15) is 0 Å². The van der Waals surface area contributed by atoms with Crippen LogP contribution in [-0.2, 0) is 13.1 Å². The first kappa shape index (κ1) is 14.1. The second kappa shape index (κ2) is 6.75. The van der Waals surface area contributed by atoms with E-state index in [1.165, 1.54) is 0 Å². The van der Waals surface area contributed by atoms with E-state index in [-0.39, 0.29) is 5.56 Å². The van der Waals surface area contributed by atoms with Crippen LogP contribution < -0.4 is 15.6 Å². The molecule has 2 rings (SSSR count). The Bertz CT molecular complexity index is 623. The highest BCUT2D eigenvalue weighted by Crippen LogP contribution is 2.13. The van der Waals surface area contributed by atoms with E-state index in [4.69, 9.17) is 4.74 Å². The third kappa shape index (κ3) is 3.38. The van der Waals surface area contributed by atoms with Crippen molar-refractivity contribution in [3.8, 4) is 5.75 Å². The highest BCUT2D eigenvalue weighted by Gasteiger charge is 2.03. The topological polar surface area (TPSA) is 56.1 Å². The number of nitrogens with one attached hydrogen (secondary N) is 1. The first-order valence-corrected chi connectivity index (χ1v) is 6.75. The van der Waals surface area contributed by atoms with Gasteiger partial charge < -0.3 is 14.6 Å². The number of aromatic nitrogens is 2. The summed E-state index contributed by atoms with van der Waals surface area (Å²) < 4.78 is 7.07. The lowest BCUT2D eigenvalue weighted by Gasteiger charge is -2.09. The summed E-state index contributed by atoms with van der Waals surface area (Å²) in [5, 5.41) is 3.07. The van der Waals surface area contributed by atoms with Gasteiger partial charge in [-0.25, -0.2) is 4.98 Å². The maximum Gasteiger partial charge on any atom is 0.293 e. The number of nitrogens with zero attached hydrogens (tertiary/aromatic N) is 2. The Labute approximate surface area is 118 Å². The van der Waals surface area contributed by atoms with Crippen molar-refractivity contribution in [3.05, 3.63) is 52.6 Å². The van der Waals surface area contributed by atoms with Gasteiger partial charge in [-0.05, 0) is 31.5 Å². The summed E-state index contributed by atoms with van der Waals surface area (Å²) in [5.41, 5.74) is 0.944. The summed E-state index contributed by atoms with van der Waals surface area (Å²) in [4.78, 5) is 16.1. The van der Waals surface area contributed by atoms with E-state index in [0.29, 0.717) is 25.5 Å². The molecule has 0 radical (unpaired) electrons. The lowest BCUT2D eigenvalue weighted by Crippen LogP contribution is -2.23. The molecule has 2 aromatic rings. The Kier molecular flexibility index (Phi) is 4.76. The molecule has 0 aliphatic heterocycles. The molecule has 106 valence electrons. The molecule has 1 aromatic carbocycles. The predicted octanol–water partition coefficient (Wildman–Crippen LogP) is 2.27. The van der Waals surface area contributed by atoms with Crippen LogP contribution in [-0.4, -0.2) is 16.2 Å². The number of hydrogen-bond acceptors (Lipinski definition) is 4. The molecule has 1 N–H and O–H groups in total. The Morgan fingerprint density at radius 2 is 2.20 bits per heavy atom. The zero-order valence-electron chi connectivity index (χ0n) is 11.8. The minimum atomic E-state index is -0.101. The Morgan fingerprint density at radius 3 is 2.95 bits per heavy atom. The summed E-state index contributed by atoms with van der Waals surface area (Å²) >= 11 is 0. The standard InChI is InChI=1S/C15H19N3O2/c1-3-18-9-8-16-14(15(18)19)17-11-12-6-5-7-13(10-12)20-4-2/h5-10H,3-4,11H2,1-2H3,(H,16,17). The second-order valence-electron chi connectivity index (χ2n) is 4.30. The average Bonchev–Trinajstić information content (AvgIpc) is 2.47. The molecule has 5 nitrogen and oxygen atoms in total. The Hall–Kier alpha value is -2.30. The molecule has 0 saturated heterocycles. The van der Waals surface area contributed by atoms with Crippen molar-refractivity contribution in [2.24, 2.45) is 0 Å². The van der Waals surface area contributed by atoms with Gasteiger partial charge in [0, 0.05) is 25.5 Å². The fourth-order valence-electron chi connectivity index (χ4n) is 1.92. The molecule has 0 fully saturated rings. The number of ether oxygens (including phenoxy) is 1. The van der Waals surface area contributed by atoms with E-state index >= 15 is 0 Å². The van der Waals surface area contributed by atoms with E-state index in [9.17, 15) is 4.79 Å². The molecule has 5 heteroatoms. The van der Waals surface area contributed by atoms with E-state index in [0.717, 1.165) is 11.3 Å². The van der Waals surface area contributed by atoms with Crippen molar-refractivity contribution in [3.63, 3.8) is 0 Å². The number of benzene rings is 1. The van der Waals surface area contributed by atoms with Crippen LogP contribution in [0.15, 0.2) is 41.5 Å². The maximum atomic E-state index is 12.0. The van der Waals surface area contributed by atoms with Gasteiger partial charge in [0.15, 0.2) is 5.82 Å². The van der Waals surface area contributed by atoms with Gasteiger partial charge in [0.2, 0.25) is 0 Å². The zero-order valence-corrected chi connectivity index (χ0v) is 11.8. The van der Waals surface area contributed by atoms with Gasteiger partial charge in [0.1, 0.15) is 5.75 Å². The van der Waals surface area contributed by atoms with E-state index in [2.05, 4.69) is 10.3 Å². The van der Waals surface area contributed by atoms with Crippen LogP contribution in [0.2, 0.25) is 0 Å². The smallest absolute Gasteiger partial charge is 0.293 e. The Balaban J connectivity index is 2.09. The van der Waals surface area contributed by atoms with Crippen LogP contribution in [0.3, 0.4) is 0 Å². The van der Waals surface area contributed by atoms with E-state index in [1.54, 1.807) is 17.0 Å². The van der Waals surface area contributed by atoms with Crippen LogP contribution >= 0.6 is 0 Å². The summed E-state index contributed by atoms with van der Waals surface area (Å²) in [6.07, 6.45) is 3.31. The highest BCUT2D eigenvalue weighted by atomic mass is 16.5. The lowest BCUT2D eigenvalue weighted by atomic mass is 10.2. The van der Waals surface area contributed by atoms with Gasteiger partial charge in [0.25, 0.3) is 5.56 Å². The third-order valence-electron chi connectivity index (χ3n) is 2.92. The molecule has 0 aliphatic carbocycles. The summed E-state index contributed by atoms with van der Waals surface area (Å²) in [6.45, 7) is 5.69. The van der Waals surface area contributed by atoms with Gasteiger partial charge >= 0.3 is 0 Å². The van der Waals surface area contributed by atoms with Gasteiger partial charge in [-0.3, -0.25) is 4.79 Å². The molecule has 0 saturated carbocycles. The summed E-state index contributed by atoms with van der Waals surface area (Å²) in [6, 6.07) is 7.79. The van der Waals surface area contributed by atoms with Crippen molar-refractivity contribution in [2.75, 3.05) is 11.9 Å². The monoisotopic (exact) mass is 273 g/mol. The van der Waals surface area contributed by atoms with Gasteiger partial charge in [0.05, 0.1) is 6.61 Å². The van der Waals surface area contributed by atoms with Gasteiger partial charge in [-0.1, -0.05) is 12.1 Å². The molecule has 1 heterocycles. The maximum absolute atomic E-state index is 12.0. The molecule has 0 unspecified atom stereocenters. The number of rotatable bonds is 6. The quantitative estimate of drug-likeness (QED) is 0.877. The highest BCUT2D eigenvalue weighted by molar-refractivity contribution is 5.35. The van der Waals surface area contributed by atoms with Crippen LogP contribution in [0.25, 0.3) is 0 Å². The molecular formula is C15H19N3O2. The number of aryl methyl sites for hydroxylation is 1. The molecule has 0 amide bonds. The first-order valence-electron chi connectivity index (χ1n) is 6.75. The fraction of sp³-hybridized carbons (Fsp3) is 0.333. The normalized spacial score (nSPS) is 10.3. The van der Waals surface area contributed by atoms with Crippen LogP contribution in [0, 0.1) is 0 Å². The van der Waals surface area contributed by atoms with E-state index < -0.39 is 0 Å². The molecule has 0 bridgehead atoms. The van der Waals surface area contributed by atoms with Gasteiger partial charge in [-0.15, -0.1) is 0 Å². The molecule has 0 spiro atoms.